The molecule has 1 aromatic rings. The highest BCUT2D eigenvalue weighted by Crippen LogP contribution is 2.29. The maximum Gasteiger partial charge on any atom is 0.137 e. The maximum atomic E-state index is 6.25. The zero-order chi connectivity index (χ0) is 13.2. The van der Waals surface area contributed by atoms with Gasteiger partial charge in [-0.25, -0.2) is 9.97 Å². The molecule has 1 atom stereocenters. The number of hydrogen-bond donors (Lipinski definition) is 0. The smallest absolute Gasteiger partial charge is 0.137 e. The first-order valence-electron chi connectivity index (χ1n) is 7.28. The van der Waals surface area contributed by atoms with Crippen LogP contribution in [-0.4, -0.2) is 47.1 Å². The molecular weight excluding hydrogens is 260 g/mol. The van der Waals surface area contributed by atoms with Gasteiger partial charge >= 0.3 is 0 Å². The van der Waals surface area contributed by atoms with E-state index in [2.05, 4.69) is 26.7 Å². The lowest BCUT2D eigenvalue weighted by Gasteiger charge is -2.38. The Balaban J connectivity index is 1.83. The fourth-order valence-electron chi connectivity index (χ4n) is 3.30. The molecule has 1 aromatic heterocycles. The summed E-state index contributed by atoms with van der Waals surface area (Å²) in [6.07, 6.45) is 6.28. The second-order valence-electron chi connectivity index (χ2n) is 5.49. The fourth-order valence-corrected chi connectivity index (χ4v) is 3.53. The number of piperazine rings is 1. The van der Waals surface area contributed by atoms with Crippen LogP contribution in [0.5, 0.6) is 0 Å². The van der Waals surface area contributed by atoms with E-state index in [-0.39, 0.29) is 0 Å². The Morgan fingerprint density at radius 2 is 2.21 bits per heavy atom. The number of hydrogen-bond acceptors (Lipinski definition) is 4. The van der Waals surface area contributed by atoms with Gasteiger partial charge in [-0.1, -0.05) is 24.9 Å². The molecular formula is C14H21ClN4. The molecule has 0 amide bonds. The van der Waals surface area contributed by atoms with Crippen LogP contribution in [0.2, 0.25) is 5.15 Å². The molecule has 3 rings (SSSR count). The predicted molar refractivity (Wildman–Crippen MR) is 77.8 cm³/mol. The third-order valence-electron chi connectivity index (χ3n) is 4.26. The fraction of sp³-hybridized carbons (Fsp3) is 0.714. The van der Waals surface area contributed by atoms with Crippen molar-refractivity contribution in [3.63, 3.8) is 0 Å². The standard InChI is InChI=1S/C14H21ClN4/c1-2-4-12-13(15)16-10-17-14(12)19-8-7-18-6-3-5-11(18)9-19/h10-11H,2-9H2,1H3. The molecule has 2 aliphatic rings. The van der Waals surface area contributed by atoms with Crippen LogP contribution >= 0.6 is 11.6 Å². The minimum atomic E-state index is 0.626. The Morgan fingerprint density at radius 1 is 1.32 bits per heavy atom. The summed E-state index contributed by atoms with van der Waals surface area (Å²) >= 11 is 6.25. The average Bonchev–Trinajstić information content (AvgIpc) is 2.88. The molecule has 2 saturated heterocycles. The highest BCUT2D eigenvalue weighted by atomic mass is 35.5. The van der Waals surface area contributed by atoms with Gasteiger partial charge in [-0.2, -0.15) is 0 Å². The van der Waals surface area contributed by atoms with Crippen molar-refractivity contribution >= 4 is 17.4 Å². The second-order valence-corrected chi connectivity index (χ2v) is 5.85. The van der Waals surface area contributed by atoms with Gasteiger partial charge in [0.15, 0.2) is 0 Å². The van der Waals surface area contributed by atoms with Crippen LogP contribution in [0.4, 0.5) is 5.82 Å². The highest BCUT2D eigenvalue weighted by Gasteiger charge is 2.31. The summed E-state index contributed by atoms with van der Waals surface area (Å²) in [5.41, 5.74) is 1.12. The van der Waals surface area contributed by atoms with Crippen molar-refractivity contribution in [2.45, 2.75) is 38.6 Å². The van der Waals surface area contributed by atoms with Crippen molar-refractivity contribution in [3.8, 4) is 0 Å². The third kappa shape index (κ3) is 2.56. The number of aromatic nitrogens is 2. The van der Waals surface area contributed by atoms with Gasteiger partial charge in [0.05, 0.1) is 0 Å². The summed E-state index contributed by atoms with van der Waals surface area (Å²) in [6.45, 7) is 6.73. The SMILES string of the molecule is CCCc1c(Cl)ncnc1N1CCN2CCCC2C1. The topological polar surface area (TPSA) is 32.3 Å². The summed E-state index contributed by atoms with van der Waals surface area (Å²) in [5.74, 6) is 1.06. The largest absolute Gasteiger partial charge is 0.353 e. The van der Waals surface area contributed by atoms with Crippen LogP contribution in [0.1, 0.15) is 31.7 Å². The minimum Gasteiger partial charge on any atom is -0.353 e. The summed E-state index contributed by atoms with van der Waals surface area (Å²) in [7, 11) is 0. The Morgan fingerprint density at radius 3 is 3.05 bits per heavy atom. The third-order valence-corrected chi connectivity index (χ3v) is 4.58. The summed E-state index contributed by atoms with van der Waals surface area (Å²) < 4.78 is 0. The lowest BCUT2D eigenvalue weighted by atomic mass is 10.1. The molecule has 2 aliphatic heterocycles. The Labute approximate surface area is 119 Å². The number of fused-ring (bicyclic) bond motifs is 1. The highest BCUT2D eigenvalue weighted by molar-refractivity contribution is 6.30. The molecule has 5 heteroatoms. The van der Waals surface area contributed by atoms with E-state index in [0.29, 0.717) is 11.2 Å². The molecule has 0 saturated carbocycles. The molecule has 104 valence electrons. The molecule has 4 nitrogen and oxygen atoms in total. The van der Waals surface area contributed by atoms with Crippen LogP contribution in [-0.2, 0) is 6.42 Å². The first kappa shape index (κ1) is 13.1. The van der Waals surface area contributed by atoms with Crippen molar-refractivity contribution in [3.05, 3.63) is 17.0 Å². The Kier molecular flexibility index (Phi) is 3.89. The first-order valence-corrected chi connectivity index (χ1v) is 7.65. The van der Waals surface area contributed by atoms with Gasteiger partial charge < -0.3 is 4.90 Å². The molecule has 0 bridgehead atoms. The van der Waals surface area contributed by atoms with E-state index in [1.54, 1.807) is 6.33 Å². The molecule has 2 fully saturated rings. The number of nitrogens with zero attached hydrogens (tertiary/aromatic N) is 4. The van der Waals surface area contributed by atoms with Crippen molar-refractivity contribution in [2.24, 2.45) is 0 Å². The molecule has 0 N–H and O–H groups in total. The number of rotatable bonds is 3. The second kappa shape index (κ2) is 5.63. The van der Waals surface area contributed by atoms with E-state index in [9.17, 15) is 0 Å². The normalized spacial score (nSPS) is 23.7. The summed E-state index contributed by atoms with van der Waals surface area (Å²) in [4.78, 5) is 13.7. The molecule has 0 aliphatic carbocycles. The van der Waals surface area contributed by atoms with Gasteiger partial charge in [-0.3, -0.25) is 4.90 Å². The average molecular weight is 281 g/mol. The van der Waals surface area contributed by atoms with Gasteiger partial charge in [0.2, 0.25) is 0 Å². The molecule has 19 heavy (non-hydrogen) atoms. The lowest BCUT2D eigenvalue weighted by Crippen LogP contribution is -2.50. The monoisotopic (exact) mass is 280 g/mol. The van der Waals surface area contributed by atoms with Crippen LogP contribution in [0.3, 0.4) is 0 Å². The zero-order valence-electron chi connectivity index (χ0n) is 11.5. The van der Waals surface area contributed by atoms with E-state index in [0.717, 1.165) is 43.9 Å². The van der Waals surface area contributed by atoms with Gasteiger partial charge in [0.25, 0.3) is 0 Å². The molecule has 0 radical (unpaired) electrons. The Hall–Kier alpha value is -0.870. The predicted octanol–water partition coefficient (Wildman–Crippen LogP) is 2.37. The van der Waals surface area contributed by atoms with Crippen molar-refractivity contribution in [2.75, 3.05) is 31.1 Å². The van der Waals surface area contributed by atoms with Crippen molar-refractivity contribution in [1.29, 1.82) is 0 Å². The van der Waals surface area contributed by atoms with Gasteiger partial charge in [0.1, 0.15) is 17.3 Å². The van der Waals surface area contributed by atoms with E-state index in [1.807, 2.05) is 0 Å². The van der Waals surface area contributed by atoms with Crippen LogP contribution in [0.15, 0.2) is 6.33 Å². The molecule has 3 heterocycles. The van der Waals surface area contributed by atoms with E-state index >= 15 is 0 Å². The maximum absolute atomic E-state index is 6.25. The van der Waals surface area contributed by atoms with Crippen molar-refractivity contribution < 1.29 is 0 Å². The van der Waals surface area contributed by atoms with Gasteiger partial charge in [-0.05, 0) is 25.8 Å². The van der Waals surface area contributed by atoms with Crippen molar-refractivity contribution in [1.82, 2.24) is 14.9 Å². The van der Waals surface area contributed by atoms with E-state index in [4.69, 9.17) is 11.6 Å². The summed E-state index contributed by atoms with van der Waals surface area (Å²) in [6, 6.07) is 0.706. The van der Waals surface area contributed by atoms with Crippen LogP contribution in [0, 0.1) is 0 Å². The van der Waals surface area contributed by atoms with E-state index < -0.39 is 0 Å². The number of halogens is 1. The van der Waals surface area contributed by atoms with Gasteiger partial charge in [0, 0.05) is 31.2 Å². The van der Waals surface area contributed by atoms with Crippen LogP contribution in [0.25, 0.3) is 0 Å². The number of anilines is 1. The molecule has 0 aromatic carbocycles. The van der Waals surface area contributed by atoms with Crippen LogP contribution < -0.4 is 4.90 Å². The molecule has 1 unspecified atom stereocenters. The minimum absolute atomic E-state index is 0.626. The van der Waals surface area contributed by atoms with E-state index in [1.165, 1.54) is 19.4 Å². The zero-order valence-corrected chi connectivity index (χ0v) is 12.2. The first-order chi connectivity index (χ1) is 9.29. The van der Waals surface area contributed by atoms with Gasteiger partial charge in [-0.15, -0.1) is 0 Å². The quantitative estimate of drug-likeness (QED) is 0.796. The Bertz CT molecular complexity index is 451. The lowest BCUT2D eigenvalue weighted by molar-refractivity contribution is 0.230. The summed E-state index contributed by atoms with van der Waals surface area (Å²) in [5, 5.41) is 0.626. The molecule has 0 spiro atoms.